The molecular formula is C11H12N2O4. The summed E-state index contributed by atoms with van der Waals surface area (Å²) in [5.74, 6) is 0.660. The van der Waals surface area contributed by atoms with Crippen LogP contribution in [0.3, 0.4) is 0 Å². The van der Waals surface area contributed by atoms with Gasteiger partial charge in [0.05, 0.1) is 12.2 Å². The summed E-state index contributed by atoms with van der Waals surface area (Å²) in [5.41, 5.74) is 0.307. The number of methoxy groups -OCH3 is 1. The minimum atomic E-state index is -0.0234. The van der Waals surface area contributed by atoms with Gasteiger partial charge in [-0.1, -0.05) is 5.16 Å². The molecule has 0 aliphatic rings. The number of aromatic nitrogens is 2. The van der Waals surface area contributed by atoms with Crippen molar-refractivity contribution in [1.82, 2.24) is 10.1 Å². The Labute approximate surface area is 97.5 Å². The monoisotopic (exact) mass is 236 g/mol. The average molecular weight is 236 g/mol. The van der Waals surface area contributed by atoms with Gasteiger partial charge in [-0.15, -0.1) is 0 Å². The molecule has 6 nitrogen and oxygen atoms in total. The maximum atomic E-state index is 9.61. The summed E-state index contributed by atoms with van der Waals surface area (Å²) in [6.07, 6.45) is 0.527. The molecule has 1 aromatic carbocycles. The van der Waals surface area contributed by atoms with Crippen LogP contribution in [0.5, 0.6) is 11.5 Å². The van der Waals surface area contributed by atoms with Crippen LogP contribution in [0.15, 0.2) is 22.7 Å². The molecule has 0 bridgehead atoms. The molecule has 1 heterocycles. The molecule has 0 amide bonds. The van der Waals surface area contributed by atoms with Crippen molar-refractivity contribution < 1.29 is 19.5 Å². The van der Waals surface area contributed by atoms with E-state index < -0.39 is 0 Å². The van der Waals surface area contributed by atoms with Gasteiger partial charge in [0.1, 0.15) is 11.5 Å². The molecule has 2 rings (SSSR count). The van der Waals surface area contributed by atoms with E-state index in [9.17, 15) is 10.2 Å². The van der Waals surface area contributed by atoms with Crippen molar-refractivity contribution in [1.29, 1.82) is 0 Å². The predicted octanol–water partition coefficient (Wildman–Crippen LogP) is 1.34. The van der Waals surface area contributed by atoms with Crippen LogP contribution in [0.25, 0.3) is 11.5 Å². The second-order valence-corrected chi connectivity index (χ2v) is 3.46. The zero-order chi connectivity index (χ0) is 12.3. The molecule has 0 saturated heterocycles. The van der Waals surface area contributed by atoms with Crippen LogP contribution in [0.4, 0.5) is 0 Å². The number of nitrogens with zero attached hydrogens (tertiary/aromatic N) is 2. The fraction of sp³-hybridized carbons (Fsp3) is 0.273. The predicted molar refractivity (Wildman–Crippen MR) is 58.6 cm³/mol. The lowest BCUT2D eigenvalue weighted by Gasteiger charge is -1.99. The highest BCUT2D eigenvalue weighted by Crippen LogP contribution is 2.30. The second-order valence-electron chi connectivity index (χ2n) is 3.46. The van der Waals surface area contributed by atoms with Gasteiger partial charge in [0.2, 0.25) is 0 Å². The summed E-state index contributed by atoms with van der Waals surface area (Å²) in [7, 11) is 1.59. The van der Waals surface area contributed by atoms with Gasteiger partial charge in [0.15, 0.2) is 5.82 Å². The fourth-order valence-corrected chi connectivity index (χ4v) is 1.35. The third-order valence-electron chi connectivity index (χ3n) is 2.21. The molecule has 90 valence electrons. The van der Waals surface area contributed by atoms with Crippen molar-refractivity contribution >= 4 is 0 Å². The molecule has 0 spiro atoms. The van der Waals surface area contributed by atoms with E-state index in [2.05, 4.69) is 10.1 Å². The van der Waals surface area contributed by atoms with E-state index in [1.807, 2.05) is 0 Å². The molecule has 2 aromatic rings. The van der Waals surface area contributed by atoms with E-state index in [0.717, 1.165) is 0 Å². The Hall–Kier alpha value is -2.08. The van der Waals surface area contributed by atoms with Gasteiger partial charge in [-0.05, 0) is 18.2 Å². The molecule has 0 aliphatic carbocycles. The highest BCUT2D eigenvalue weighted by atomic mass is 16.5. The first kappa shape index (κ1) is 11.4. The van der Waals surface area contributed by atoms with Crippen molar-refractivity contribution in [2.45, 2.75) is 6.42 Å². The van der Waals surface area contributed by atoms with Crippen LogP contribution < -0.4 is 0 Å². The molecule has 0 unspecified atom stereocenters. The maximum Gasteiger partial charge on any atom is 0.261 e. The van der Waals surface area contributed by atoms with Crippen LogP contribution in [0.1, 0.15) is 5.82 Å². The standard InChI is InChI=1S/C11H12N2O4/c1-16-5-4-10-12-11(17-13-10)8-6-7(14)2-3-9(8)15/h2-3,6,14-15H,4-5H2,1H3. The summed E-state index contributed by atoms with van der Waals surface area (Å²) in [4.78, 5) is 4.09. The number of phenols is 2. The smallest absolute Gasteiger partial charge is 0.261 e. The number of phenolic OH excluding ortho intramolecular Hbond substituents is 2. The van der Waals surface area contributed by atoms with Crippen molar-refractivity contribution in [2.75, 3.05) is 13.7 Å². The van der Waals surface area contributed by atoms with Gasteiger partial charge < -0.3 is 19.5 Å². The Morgan fingerprint density at radius 3 is 2.94 bits per heavy atom. The summed E-state index contributed by atoms with van der Waals surface area (Å²) in [5, 5.41) is 22.7. The van der Waals surface area contributed by atoms with Crippen LogP contribution in [-0.4, -0.2) is 34.1 Å². The molecule has 1 aromatic heterocycles. The first-order chi connectivity index (χ1) is 8.20. The average Bonchev–Trinajstić information content (AvgIpc) is 2.78. The lowest BCUT2D eigenvalue weighted by atomic mass is 10.2. The third kappa shape index (κ3) is 2.54. The van der Waals surface area contributed by atoms with Crippen LogP contribution >= 0.6 is 0 Å². The van der Waals surface area contributed by atoms with Gasteiger partial charge in [-0.25, -0.2) is 0 Å². The second kappa shape index (κ2) is 4.84. The first-order valence-corrected chi connectivity index (χ1v) is 5.04. The minimum absolute atomic E-state index is 0.0226. The molecule has 0 radical (unpaired) electrons. The zero-order valence-corrected chi connectivity index (χ0v) is 9.25. The topological polar surface area (TPSA) is 88.6 Å². The van der Waals surface area contributed by atoms with Crippen molar-refractivity contribution in [3.8, 4) is 23.0 Å². The minimum Gasteiger partial charge on any atom is -0.508 e. The Kier molecular flexibility index (Phi) is 3.24. The van der Waals surface area contributed by atoms with Crippen LogP contribution in [-0.2, 0) is 11.2 Å². The van der Waals surface area contributed by atoms with Gasteiger partial charge in [0, 0.05) is 13.5 Å². The highest BCUT2D eigenvalue weighted by molar-refractivity contribution is 5.64. The van der Waals surface area contributed by atoms with E-state index in [0.29, 0.717) is 24.4 Å². The first-order valence-electron chi connectivity index (χ1n) is 5.04. The van der Waals surface area contributed by atoms with Crippen molar-refractivity contribution in [3.63, 3.8) is 0 Å². The quantitative estimate of drug-likeness (QED) is 0.778. The normalized spacial score (nSPS) is 10.6. The number of ether oxygens (including phenoxy) is 1. The Bertz CT molecular complexity index is 510. The number of hydrogen-bond acceptors (Lipinski definition) is 6. The lowest BCUT2D eigenvalue weighted by Crippen LogP contribution is -1.96. The molecule has 0 aliphatic heterocycles. The molecular weight excluding hydrogens is 224 g/mol. The van der Waals surface area contributed by atoms with E-state index >= 15 is 0 Å². The molecule has 17 heavy (non-hydrogen) atoms. The molecule has 2 N–H and O–H groups in total. The lowest BCUT2D eigenvalue weighted by molar-refractivity contribution is 0.199. The maximum absolute atomic E-state index is 9.61. The number of benzene rings is 1. The Morgan fingerprint density at radius 2 is 2.18 bits per heavy atom. The van der Waals surface area contributed by atoms with Gasteiger partial charge in [-0.3, -0.25) is 0 Å². The molecule has 0 fully saturated rings. The third-order valence-corrected chi connectivity index (χ3v) is 2.21. The van der Waals surface area contributed by atoms with Gasteiger partial charge in [-0.2, -0.15) is 4.98 Å². The highest BCUT2D eigenvalue weighted by Gasteiger charge is 2.13. The summed E-state index contributed by atoms with van der Waals surface area (Å²) < 4.78 is 9.89. The Morgan fingerprint density at radius 1 is 1.35 bits per heavy atom. The summed E-state index contributed by atoms with van der Waals surface area (Å²) in [6.45, 7) is 0.491. The van der Waals surface area contributed by atoms with Crippen molar-refractivity contribution in [2.24, 2.45) is 0 Å². The van der Waals surface area contributed by atoms with E-state index in [1.54, 1.807) is 7.11 Å². The van der Waals surface area contributed by atoms with Gasteiger partial charge >= 0.3 is 0 Å². The van der Waals surface area contributed by atoms with Gasteiger partial charge in [0.25, 0.3) is 5.89 Å². The zero-order valence-electron chi connectivity index (χ0n) is 9.25. The summed E-state index contributed by atoms with van der Waals surface area (Å²) in [6, 6.07) is 4.10. The van der Waals surface area contributed by atoms with Crippen LogP contribution in [0, 0.1) is 0 Å². The molecule has 0 saturated carbocycles. The number of rotatable bonds is 4. The van der Waals surface area contributed by atoms with Crippen molar-refractivity contribution in [3.05, 3.63) is 24.0 Å². The molecule has 6 heteroatoms. The fourth-order valence-electron chi connectivity index (χ4n) is 1.35. The van der Waals surface area contributed by atoms with E-state index in [1.165, 1.54) is 18.2 Å². The number of aromatic hydroxyl groups is 2. The largest absolute Gasteiger partial charge is 0.508 e. The SMILES string of the molecule is COCCc1noc(-c2cc(O)ccc2O)n1. The van der Waals surface area contributed by atoms with E-state index in [-0.39, 0.29) is 17.4 Å². The van der Waals surface area contributed by atoms with E-state index in [4.69, 9.17) is 9.26 Å². The summed E-state index contributed by atoms with van der Waals surface area (Å²) >= 11 is 0. The van der Waals surface area contributed by atoms with Crippen LogP contribution in [0.2, 0.25) is 0 Å². The molecule has 0 atom stereocenters. The number of hydrogen-bond donors (Lipinski definition) is 2. The Balaban J connectivity index is 2.27.